The van der Waals surface area contributed by atoms with Gasteiger partial charge in [-0.15, -0.1) is 0 Å². The molecule has 0 aromatic heterocycles. The summed E-state index contributed by atoms with van der Waals surface area (Å²) in [4.78, 5) is 51.4. The van der Waals surface area contributed by atoms with Gasteiger partial charge in [0.1, 0.15) is 12.6 Å². The van der Waals surface area contributed by atoms with Gasteiger partial charge in [0, 0.05) is 59.1 Å². The molecule has 0 heterocycles. The molecule has 0 bridgehead atoms. The van der Waals surface area contributed by atoms with Gasteiger partial charge in [0.05, 0.1) is 16.2 Å². The zero-order chi connectivity index (χ0) is 34.3. The first-order chi connectivity index (χ1) is 19.9. The Bertz CT molecular complexity index is 1160. The maximum Gasteiger partial charge on any atom is 3.00 e. The molecule has 0 saturated heterocycles. The van der Waals surface area contributed by atoms with Crippen LogP contribution in [0.5, 0.6) is 11.5 Å². The number of likely N-dealkylation sites (N-methyl/N-ethyl adjacent to an activating group) is 2. The number of benzene rings is 2. The van der Waals surface area contributed by atoms with Gasteiger partial charge < -0.3 is 60.6 Å². The Hall–Kier alpha value is -2.39. The Morgan fingerprint density at radius 1 is 0.844 bits per heavy atom. The molecule has 0 aliphatic rings. The van der Waals surface area contributed by atoms with Crippen molar-refractivity contribution in [2.75, 3.05) is 27.2 Å². The van der Waals surface area contributed by atoms with Crippen LogP contribution in [0.1, 0.15) is 45.7 Å². The molecule has 2 aromatic rings. The average molecular weight is 943 g/mol. The third-order valence-corrected chi connectivity index (χ3v) is 5.23. The van der Waals surface area contributed by atoms with Crippen LogP contribution in [-0.2, 0) is 37.4 Å². The molecule has 0 N–H and O–H groups in total. The van der Waals surface area contributed by atoms with Crippen LogP contribution in [0.3, 0.4) is 0 Å². The number of carbonyl (C=O) groups is 3. The summed E-state index contributed by atoms with van der Waals surface area (Å²) in [7, 11) is 3.77. The van der Waals surface area contributed by atoms with Gasteiger partial charge in [-0.25, -0.2) is 0 Å². The Balaban J connectivity index is -0.000000263. The summed E-state index contributed by atoms with van der Waals surface area (Å²) >= 11 is 6.64. The van der Waals surface area contributed by atoms with Crippen molar-refractivity contribution in [2.24, 2.45) is 0 Å². The molecule has 0 radical (unpaired) electrons. The predicted octanol–water partition coefficient (Wildman–Crippen LogP) is 1.35. The van der Waals surface area contributed by atoms with Gasteiger partial charge in [0.25, 0.3) is 0 Å². The molecule has 21 heteroatoms. The zero-order valence-corrected chi connectivity index (χ0v) is 34.3. The number of aldehydes is 2. The number of carbonyl (C=O) groups excluding carboxylic acids is 3. The number of aliphatic carboxylic acids is 1. The van der Waals surface area contributed by atoms with E-state index in [4.69, 9.17) is 45.8 Å². The van der Waals surface area contributed by atoms with Crippen LogP contribution >= 0.6 is 31.9 Å². The molecule has 0 unspecified atom stereocenters. The molecule has 2 rings (SSSR count). The van der Waals surface area contributed by atoms with Crippen molar-refractivity contribution in [3.63, 3.8) is 0 Å². The summed E-state index contributed by atoms with van der Waals surface area (Å²) in [5.74, 6) is -1.60. The first kappa shape index (κ1) is 52.2. The van der Waals surface area contributed by atoms with Crippen molar-refractivity contribution >= 4 is 50.4 Å². The van der Waals surface area contributed by atoms with Gasteiger partial charge >= 0.3 is 60.8 Å². The maximum atomic E-state index is 12.2. The second kappa shape index (κ2) is 30.3. The topological polar surface area (TPSA) is 283 Å². The fourth-order valence-corrected chi connectivity index (χ4v) is 3.88. The summed E-state index contributed by atoms with van der Waals surface area (Å²) in [5, 5.41) is 70.2. The summed E-state index contributed by atoms with van der Waals surface area (Å²) in [6.07, 6.45) is 1.13. The third-order valence-electron chi connectivity index (χ3n) is 4.32. The van der Waals surface area contributed by atoms with Crippen molar-refractivity contribution in [3.05, 3.63) is 86.1 Å². The van der Waals surface area contributed by atoms with Crippen LogP contribution < -0.4 is 15.3 Å². The first-order valence-electron chi connectivity index (χ1n) is 11.2. The van der Waals surface area contributed by atoms with E-state index in [1.807, 2.05) is 23.9 Å². The van der Waals surface area contributed by atoms with E-state index in [0.717, 1.165) is 6.92 Å². The van der Waals surface area contributed by atoms with Gasteiger partial charge in [-0.3, -0.25) is 9.59 Å². The third kappa shape index (κ3) is 30.0. The number of carboxylic acid groups (broad SMARTS) is 1. The molecule has 0 aliphatic heterocycles. The second-order valence-electron chi connectivity index (χ2n) is 7.84. The Morgan fingerprint density at radius 3 is 1.27 bits per heavy atom. The van der Waals surface area contributed by atoms with E-state index in [0.29, 0.717) is 58.8 Å². The van der Waals surface area contributed by atoms with Gasteiger partial charge in [0.2, 0.25) is 0 Å². The molecule has 0 spiro atoms. The number of nitrogens with zero attached hydrogens (tertiary/aromatic N) is 5. The monoisotopic (exact) mass is 939 g/mol. The van der Waals surface area contributed by atoms with Crippen molar-refractivity contribution in [1.82, 2.24) is 9.80 Å². The van der Waals surface area contributed by atoms with E-state index in [1.54, 1.807) is 18.2 Å². The smallest absolute Gasteiger partial charge is 0.872 e. The quantitative estimate of drug-likeness (QED) is 0.148. The van der Waals surface area contributed by atoms with Gasteiger partial charge in [0.15, 0.2) is 0 Å². The summed E-state index contributed by atoms with van der Waals surface area (Å²) in [5.41, 5.74) is 1.37. The van der Waals surface area contributed by atoms with Gasteiger partial charge in [-0.1, -0.05) is 43.4 Å². The van der Waals surface area contributed by atoms with Crippen molar-refractivity contribution in [2.45, 2.75) is 26.9 Å². The van der Waals surface area contributed by atoms with Crippen LogP contribution in [0, 0.1) is 83.3 Å². The van der Waals surface area contributed by atoms with Gasteiger partial charge in [-0.05, 0) is 56.4 Å². The minimum Gasteiger partial charge on any atom is -0.872 e. The number of rotatable bonds is 9. The van der Waals surface area contributed by atoms with E-state index >= 15 is 0 Å². The van der Waals surface area contributed by atoms with E-state index < -0.39 is 16.1 Å². The molecule has 238 valence electrons. The Kier molecular flexibility index (Phi) is 35.1. The Labute approximate surface area is 321 Å². The number of hydrogen-bond acceptors (Lipinski definition) is 15. The van der Waals surface area contributed by atoms with Crippen molar-refractivity contribution in [1.29, 1.82) is 5.26 Å². The van der Waals surface area contributed by atoms with Crippen LogP contribution in [0.15, 0.2) is 33.2 Å². The second-order valence-corrected chi connectivity index (χ2v) is 9.67. The normalized spacial score (nSPS) is 8.78. The number of nitriles is 1. The molecular formula is C24H26Br2N5O12PrZn. The van der Waals surface area contributed by atoms with Crippen LogP contribution in [0.25, 0.3) is 0 Å². The number of halogens is 2. The van der Waals surface area contributed by atoms with E-state index in [2.05, 4.69) is 31.9 Å². The summed E-state index contributed by atoms with van der Waals surface area (Å²) < 4.78 is 1.39. The molecule has 0 aliphatic carbocycles. The molecule has 0 fully saturated rings. The standard InChI is InChI=1S/C20H22Br2N2O4.C2H3N.C2H4O2.2NO3.Pr.Zn/c1-23(9-13-5-17(21)7-15(11-25)19(13)27)3-4-24(2)10-14-6-18(22)8-16(12-26)20(14)28;1-2-3;1-2(3)4;2*2-1(3)4;;/h5-8,11-12,27-28H,3-4,9-10H2,1-2H3;1H3;1H3,(H,3,4);;;;/q;;;2*-1;+3;+2/p-3. The van der Waals surface area contributed by atoms with Crippen LogP contribution in [0.2, 0.25) is 0 Å². The summed E-state index contributed by atoms with van der Waals surface area (Å²) in [6, 6.07) is 8.22. The SMILES string of the molecule is CC#N.CC(=O)[O-].CN(CCN(C)Cc1cc(Br)cc(C=O)c1[O-])Cc1cc(Br)cc(C=O)c1[O-].O=[N+]([O-])[O-].O=[N+]([O-])[O-].[Pr+3].[Zn+2]. The molecule has 0 atom stereocenters. The van der Waals surface area contributed by atoms with E-state index in [-0.39, 0.29) is 83.4 Å². The average Bonchev–Trinajstić information content (AvgIpc) is 2.86. The number of carboxylic acids is 1. The van der Waals surface area contributed by atoms with Crippen LogP contribution in [0.4, 0.5) is 0 Å². The molecule has 0 saturated carbocycles. The largest absolute Gasteiger partial charge is 3.00 e. The van der Waals surface area contributed by atoms with Crippen LogP contribution in [-0.4, -0.2) is 65.7 Å². The maximum absolute atomic E-state index is 12.2. The minimum atomic E-state index is -1.75. The van der Waals surface area contributed by atoms with Crippen molar-refractivity contribution < 1.29 is 101 Å². The van der Waals surface area contributed by atoms with E-state index in [1.165, 1.54) is 19.1 Å². The van der Waals surface area contributed by atoms with Gasteiger partial charge in [-0.2, -0.15) is 5.26 Å². The zero-order valence-electron chi connectivity index (χ0n) is 24.5. The molecule has 2 aromatic carbocycles. The minimum absolute atomic E-state index is 0. The van der Waals surface area contributed by atoms with Crippen molar-refractivity contribution in [3.8, 4) is 17.6 Å². The first-order valence-corrected chi connectivity index (χ1v) is 12.8. The summed E-state index contributed by atoms with van der Waals surface area (Å²) in [6.45, 7) is 4.53. The molecular weight excluding hydrogens is 916 g/mol. The fourth-order valence-electron chi connectivity index (χ4n) is 2.84. The Morgan fingerprint density at radius 2 is 1.07 bits per heavy atom. The molecule has 17 nitrogen and oxygen atoms in total. The van der Waals surface area contributed by atoms with E-state index in [9.17, 15) is 19.8 Å². The molecule has 45 heavy (non-hydrogen) atoms. The predicted molar refractivity (Wildman–Crippen MR) is 153 cm³/mol. The fraction of sp³-hybridized carbons (Fsp3) is 0.333. The number of hydrogen-bond donors (Lipinski definition) is 0. The molecule has 0 amide bonds.